The van der Waals surface area contributed by atoms with Crippen molar-refractivity contribution in [2.24, 2.45) is 5.92 Å². The molecule has 238 valence electrons. The van der Waals surface area contributed by atoms with Crippen molar-refractivity contribution in [3.8, 4) is 28.4 Å². The number of anilines is 1. The predicted molar refractivity (Wildman–Crippen MR) is 189 cm³/mol. The Kier molecular flexibility index (Phi) is 8.98. The van der Waals surface area contributed by atoms with Gasteiger partial charge in [-0.05, 0) is 80.7 Å². The molecule has 3 aromatic heterocycles. The number of carbonyl (C=O) groups excluding carboxylic acids is 1. The predicted octanol–water partition coefficient (Wildman–Crippen LogP) is 8.64. The number of carbonyl (C=O) groups is 1. The van der Waals surface area contributed by atoms with Gasteiger partial charge in [0.25, 0.3) is 5.91 Å². The number of nitrogens with zero attached hydrogens (tertiary/aromatic N) is 3. The third kappa shape index (κ3) is 6.49. The number of ether oxygens (including phenoxy) is 1. The minimum Gasteiger partial charge on any atom is -0.476 e. The Balaban J connectivity index is 1.34. The van der Waals surface area contributed by atoms with Crippen molar-refractivity contribution in [3.05, 3.63) is 119 Å². The zero-order valence-corrected chi connectivity index (χ0v) is 27.4. The quantitative estimate of drug-likeness (QED) is 0.144. The Bertz CT molecular complexity index is 2020. The van der Waals surface area contributed by atoms with Crippen LogP contribution in [-0.2, 0) is 0 Å². The first-order valence-electron chi connectivity index (χ1n) is 15.8. The summed E-state index contributed by atoms with van der Waals surface area (Å²) in [6, 6.07) is 26.8. The van der Waals surface area contributed by atoms with E-state index < -0.39 is 0 Å². The van der Waals surface area contributed by atoms with Crippen LogP contribution in [0.25, 0.3) is 33.4 Å². The van der Waals surface area contributed by atoms with Gasteiger partial charge in [0, 0.05) is 38.3 Å². The van der Waals surface area contributed by atoms with E-state index in [4.69, 9.17) is 32.9 Å². The number of amides is 1. The van der Waals surface area contributed by atoms with Gasteiger partial charge in [-0.1, -0.05) is 71.7 Å². The molecule has 47 heavy (non-hydrogen) atoms. The van der Waals surface area contributed by atoms with Crippen molar-refractivity contribution in [3.63, 3.8) is 0 Å². The molecule has 1 amide bonds. The Labute approximate surface area is 283 Å². The van der Waals surface area contributed by atoms with Crippen molar-refractivity contribution in [1.29, 1.82) is 0 Å². The van der Waals surface area contributed by atoms with Crippen LogP contribution < -0.4 is 15.4 Å². The number of rotatable bonds is 9. The monoisotopic (exact) mass is 664 g/mol. The molecular weight excluding hydrogens is 631 g/mol. The summed E-state index contributed by atoms with van der Waals surface area (Å²) in [5.41, 5.74) is 5.85. The van der Waals surface area contributed by atoms with E-state index in [2.05, 4.69) is 32.1 Å². The number of benzene rings is 3. The van der Waals surface area contributed by atoms with E-state index in [0.717, 1.165) is 59.3 Å². The van der Waals surface area contributed by atoms with Crippen molar-refractivity contribution in [1.82, 2.24) is 24.8 Å². The number of aromatic amines is 1. The lowest BCUT2D eigenvalue weighted by atomic mass is 9.99. The number of pyridine rings is 1. The molecule has 1 atom stereocenters. The Morgan fingerprint density at radius 2 is 1.74 bits per heavy atom. The normalized spacial score (nSPS) is 14.3. The minimum absolute atomic E-state index is 0.131. The highest BCUT2D eigenvalue weighted by atomic mass is 35.5. The van der Waals surface area contributed by atoms with Gasteiger partial charge in [-0.25, -0.2) is 9.97 Å². The first-order chi connectivity index (χ1) is 23.0. The lowest BCUT2D eigenvalue weighted by molar-refractivity contribution is 0.102. The molecule has 4 heterocycles. The fraction of sp³-hybridized carbons (Fsp3) is 0.216. The summed E-state index contributed by atoms with van der Waals surface area (Å²) in [6.45, 7) is 4.60. The third-order valence-corrected chi connectivity index (χ3v) is 9.26. The molecule has 10 heteroatoms. The Hall–Kier alpha value is -4.63. The van der Waals surface area contributed by atoms with Gasteiger partial charge in [-0.15, -0.1) is 0 Å². The number of piperidine rings is 1. The minimum atomic E-state index is -0.335. The molecular formula is C37H34Cl2N6O2. The molecule has 0 saturated carbocycles. The van der Waals surface area contributed by atoms with E-state index in [-0.39, 0.29) is 11.9 Å². The molecule has 3 aromatic carbocycles. The van der Waals surface area contributed by atoms with Crippen molar-refractivity contribution in [2.45, 2.75) is 25.8 Å². The second-order valence-corrected chi connectivity index (χ2v) is 12.7. The van der Waals surface area contributed by atoms with Crippen LogP contribution in [0.15, 0.2) is 97.5 Å². The van der Waals surface area contributed by atoms with E-state index in [1.807, 2.05) is 85.2 Å². The molecule has 0 spiro atoms. The van der Waals surface area contributed by atoms with Crippen LogP contribution in [0.5, 0.6) is 5.88 Å². The zero-order chi connectivity index (χ0) is 32.3. The highest BCUT2D eigenvalue weighted by Crippen LogP contribution is 2.41. The molecule has 0 bridgehead atoms. The lowest BCUT2D eigenvalue weighted by Crippen LogP contribution is -2.30. The van der Waals surface area contributed by atoms with Crippen LogP contribution in [0.3, 0.4) is 0 Å². The number of fused-ring (bicyclic) bond motifs is 1. The van der Waals surface area contributed by atoms with Gasteiger partial charge in [0.15, 0.2) is 0 Å². The van der Waals surface area contributed by atoms with E-state index in [1.54, 1.807) is 12.3 Å². The molecule has 0 aliphatic carbocycles. The number of aromatic nitrogens is 4. The number of imidazole rings is 1. The Morgan fingerprint density at radius 3 is 2.53 bits per heavy atom. The lowest BCUT2D eigenvalue weighted by Gasteiger charge is -2.23. The number of H-pyrrole nitrogens is 1. The average molecular weight is 666 g/mol. The fourth-order valence-corrected chi connectivity index (χ4v) is 6.53. The molecule has 0 radical (unpaired) electrons. The van der Waals surface area contributed by atoms with E-state index >= 15 is 0 Å². The largest absolute Gasteiger partial charge is 0.476 e. The average Bonchev–Trinajstić information content (AvgIpc) is 3.70. The van der Waals surface area contributed by atoms with Crippen LogP contribution in [0, 0.1) is 5.92 Å². The topological polar surface area (TPSA) is 96.9 Å². The van der Waals surface area contributed by atoms with Crippen LogP contribution in [0.1, 0.15) is 41.9 Å². The van der Waals surface area contributed by atoms with Gasteiger partial charge >= 0.3 is 0 Å². The van der Waals surface area contributed by atoms with Crippen LogP contribution in [0.4, 0.5) is 5.69 Å². The highest BCUT2D eigenvalue weighted by Gasteiger charge is 2.28. The number of nitrogens with one attached hydrogen (secondary N) is 3. The van der Waals surface area contributed by atoms with Crippen LogP contribution in [-0.4, -0.2) is 45.1 Å². The second kappa shape index (κ2) is 13.6. The van der Waals surface area contributed by atoms with Gasteiger partial charge in [-0.2, -0.15) is 0 Å². The number of hydrogen-bond acceptors (Lipinski definition) is 5. The van der Waals surface area contributed by atoms with Crippen LogP contribution in [0.2, 0.25) is 10.0 Å². The molecule has 3 N–H and O–H groups in total. The third-order valence-electron chi connectivity index (χ3n) is 8.77. The smallest absolute Gasteiger partial charge is 0.272 e. The summed E-state index contributed by atoms with van der Waals surface area (Å²) in [6.07, 6.45) is 5.59. The molecule has 1 aliphatic rings. The molecule has 1 saturated heterocycles. The molecule has 0 unspecified atom stereocenters. The van der Waals surface area contributed by atoms with Crippen molar-refractivity contribution in [2.75, 3.05) is 25.0 Å². The molecule has 1 fully saturated rings. The summed E-state index contributed by atoms with van der Waals surface area (Å²) in [5, 5.41) is 8.54. The number of hydrogen-bond donors (Lipinski definition) is 3. The van der Waals surface area contributed by atoms with Gasteiger partial charge in [-0.3, -0.25) is 4.79 Å². The summed E-state index contributed by atoms with van der Waals surface area (Å²) in [5.74, 6) is 0.496. The van der Waals surface area contributed by atoms with Gasteiger partial charge < -0.3 is 24.9 Å². The molecule has 8 nitrogen and oxygen atoms in total. The van der Waals surface area contributed by atoms with Gasteiger partial charge in [0.2, 0.25) is 5.88 Å². The van der Waals surface area contributed by atoms with E-state index in [0.29, 0.717) is 45.4 Å². The van der Waals surface area contributed by atoms with Gasteiger partial charge in [0.05, 0.1) is 30.4 Å². The maximum atomic E-state index is 14.4. The first-order valence-corrected chi connectivity index (χ1v) is 16.5. The second-order valence-electron chi connectivity index (χ2n) is 11.8. The SMILES string of the molecule is C[C@@H](c1ccc(Cl)cc1)n1cnc(-c2ccccc2)c1-c1c(C(=O)Nc2cccnc2OCC2CCNCC2)[nH]c2cc(Cl)ccc12. The Morgan fingerprint density at radius 1 is 0.979 bits per heavy atom. The van der Waals surface area contributed by atoms with E-state index in [1.165, 1.54) is 0 Å². The standard InChI is InChI=1S/C37H34Cl2N6O2/c1-23(25-9-11-27(38)12-10-25)45-22-42-33(26-6-3-2-4-7-26)35(45)32-29-14-13-28(39)20-31(29)43-34(32)36(46)44-30-8-5-17-41-37(30)47-21-24-15-18-40-19-16-24/h2-14,17,20,22-24,40,43H,15-16,18-19,21H2,1H3,(H,44,46)/t23-/m0/s1. The number of halogens is 2. The maximum absolute atomic E-state index is 14.4. The molecule has 1 aliphatic heterocycles. The van der Waals surface area contributed by atoms with E-state index in [9.17, 15) is 4.79 Å². The molecule has 7 rings (SSSR count). The highest BCUT2D eigenvalue weighted by molar-refractivity contribution is 6.31. The summed E-state index contributed by atoms with van der Waals surface area (Å²) >= 11 is 12.7. The zero-order valence-electron chi connectivity index (χ0n) is 25.8. The van der Waals surface area contributed by atoms with Gasteiger partial charge in [0.1, 0.15) is 11.4 Å². The van der Waals surface area contributed by atoms with Crippen molar-refractivity contribution < 1.29 is 9.53 Å². The van der Waals surface area contributed by atoms with Crippen molar-refractivity contribution >= 4 is 45.7 Å². The molecule has 6 aromatic rings. The first kappa shape index (κ1) is 31.0. The summed E-state index contributed by atoms with van der Waals surface area (Å²) in [7, 11) is 0. The fourth-order valence-electron chi connectivity index (χ4n) is 6.23. The van der Waals surface area contributed by atoms with Crippen LogP contribution >= 0.6 is 23.2 Å². The summed E-state index contributed by atoms with van der Waals surface area (Å²) < 4.78 is 8.28. The maximum Gasteiger partial charge on any atom is 0.272 e. The summed E-state index contributed by atoms with van der Waals surface area (Å²) in [4.78, 5) is 27.1.